The van der Waals surface area contributed by atoms with Crippen LogP contribution >= 0.6 is 11.3 Å². The summed E-state index contributed by atoms with van der Waals surface area (Å²) in [6, 6.07) is 12.5. The van der Waals surface area contributed by atoms with Crippen molar-refractivity contribution in [1.29, 1.82) is 0 Å². The summed E-state index contributed by atoms with van der Waals surface area (Å²) in [6.45, 7) is 2.37. The molecule has 168 valence electrons. The molecule has 0 saturated heterocycles. The van der Waals surface area contributed by atoms with E-state index in [2.05, 4.69) is 20.2 Å². The number of carbonyl (C=O) groups is 1. The third kappa shape index (κ3) is 4.46. The van der Waals surface area contributed by atoms with Gasteiger partial charge in [0.15, 0.2) is 0 Å². The molecule has 0 bridgehead atoms. The fraction of sp³-hybridized carbons (Fsp3) is 0.269. The van der Waals surface area contributed by atoms with Crippen LogP contribution in [0.1, 0.15) is 53.3 Å². The van der Waals surface area contributed by atoms with Crippen LogP contribution in [0.3, 0.4) is 0 Å². The maximum atomic E-state index is 13.2. The Morgan fingerprint density at radius 3 is 2.61 bits per heavy atom. The predicted molar refractivity (Wildman–Crippen MR) is 129 cm³/mol. The number of hydrogen-bond donors (Lipinski definition) is 1. The quantitative estimate of drug-likeness (QED) is 0.374. The van der Waals surface area contributed by atoms with Crippen molar-refractivity contribution in [3.8, 4) is 22.0 Å². The van der Waals surface area contributed by atoms with Gasteiger partial charge < -0.3 is 9.88 Å². The number of nitrogens with zero attached hydrogens (tertiary/aromatic N) is 3. The van der Waals surface area contributed by atoms with Crippen molar-refractivity contribution in [3.05, 3.63) is 82.9 Å². The third-order valence-electron chi connectivity index (χ3n) is 6.29. The number of aromatic nitrogens is 3. The zero-order valence-electron chi connectivity index (χ0n) is 18.4. The lowest BCUT2D eigenvalue weighted by Gasteiger charge is -2.18. The Hall–Kier alpha value is -3.32. The SMILES string of the molecule is Cc1c(C(=O)NCc2ccc(F)cc2)cc(-c2csc(-c3ccncc3)n2)n1C1CCCC1. The number of pyridine rings is 1. The van der Waals surface area contributed by atoms with Crippen LogP contribution in [-0.4, -0.2) is 20.4 Å². The van der Waals surface area contributed by atoms with Crippen molar-refractivity contribution in [1.82, 2.24) is 19.9 Å². The van der Waals surface area contributed by atoms with Crippen LogP contribution in [-0.2, 0) is 6.54 Å². The summed E-state index contributed by atoms with van der Waals surface area (Å²) in [7, 11) is 0. The summed E-state index contributed by atoms with van der Waals surface area (Å²) in [5, 5.41) is 5.99. The van der Waals surface area contributed by atoms with E-state index in [1.54, 1.807) is 35.9 Å². The van der Waals surface area contributed by atoms with Crippen LogP contribution in [0.5, 0.6) is 0 Å². The van der Waals surface area contributed by atoms with E-state index in [4.69, 9.17) is 4.98 Å². The molecule has 1 aromatic carbocycles. The number of amides is 1. The Balaban J connectivity index is 1.46. The molecule has 0 atom stereocenters. The minimum absolute atomic E-state index is 0.126. The Kier molecular flexibility index (Phi) is 6.05. The van der Waals surface area contributed by atoms with Crippen molar-refractivity contribution in [2.24, 2.45) is 0 Å². The normalized spacial score (nSPS) is 14.0. The smallest absolute Gasteiger partial charge is 0.253 e. The van der Waals surface area contributed by atoms with Gasteiger partial charge in [0.25, 0.3) is 5.91 Å². The number of halogens is 1. The molecule has 0 radical (unpaired) electrons. The fourth-order valence-electron chi connectivity index (χ4n) is 4.58. The monoisotopic (exact) mass is 460 g/mol. The molecule has 1 N–H and O–H groups in total. The zero-order chi connectivity index (χ0) is 22.8. The van der Waals surface area contributed by atoms with Crippen LogP contribution in [0.25, 0.3) is 22.0 Å². The molecule has 0 spiro atoms. The van der Waals surface area contributed by atoms with Gasteiger partial charge >= 0.3 is 0 Å². The van der Waals surface area contributed by atoms with E-state index in [1.807, 2.05) is 25.1 Å². The summed E-state index contributed by atoms with van der Waals surface area (Å²) >= 11 is 1.60. The first kappa shape index (κ1) is 21.5. The molecule has 4 aromatic rings. The molecule has 1 fully saturated rings. The first-order valence-electron chi connectivity index (χ1n) is 11.2. The Bertz CT molecular complexity index is 1260. The number of benzene rings is 1. The molecular formula is C26H25FN4OS. The molecule has 0 unspecified atom stereocenters. The van der Waals surface area contributed by atoms with Gasteiger partial charge in [0.2, 0.25) is 0 Å². The Morgan fingerprint density at radius 1 is 1.15 bits per heavy atom. The van der Waals surface area contributed by atoms with Crippen LogP contribution in [0.15, 0.2) is 60.2 Å². The minimum Gasteiger partial charge on any atom is -0.348 e. The van der Waals surface area contributed by atoms with Crippen LogP contribution in [0.4, 0.5) is 4.39 Å². The van der Waals surface area contributed by atoms with E-state index in [1.165, 1.54) is 25.0 Å². The molecule has 33 heavy (non-hydrogen) atoms. The third-order valence-corrected chi connectivity index (χ3v) is 7.18. The highest BCUT2D eigenvalue weighted by Gasteiger charge is 2.26. The van der Waals surface area contributed by atoms with Crippen molar-refractivity contribution in [2.75, 3.05) is 0 Å². The van der Waals surface area contributed by atoms with Gasteiger partial charge in [0, 0.05) is 41.6 Å². The van der Waals surface area contributed by atoms with E-state index < -0.39 is 0 Å². The van der Waals surface area contributed by atoms with Gasteiger partial charge in [0.1, 0.15) is 10.8 Å². The first-order valence-corrected chi connectivity index (χ1v) is 12.1. The maximum absolute atomic E-state index is 13.2. The van der Waals surface area contributed by atoms with Crippen molar-refractivity contribution < 1.29 is 9.18 Å². The maximum Gasteiger partial charge on any atom is 0.253 e. The largest absolute Gasteiger partial charge is 0.348 e. The topological polar surface area (TPSA) is 59.8 Å². The average molecular weight is 461 g/mol. The van der Waals surface area contributed by atoms with Crippen LogP contribution in [0.2, 0.25) is 0 Å². The highest BCUT2D eigenvalue weighted by molar-refractivity contribution is 7.13. The molecule has 1 amide bonds. The molecule has 1 saturated carbocycles. The first-order chi connectivity index (χ1) is 16.1. The zero-order valence-corrected chi connectivity index (χ0v) is 19.2. The lowest BCUT2D eigenvalue weighted by Crippen LogP contribution is -2.23. The minimum atomic E-state index is -0.284. The van der Waals surface area contributed by atoms with E-state index in [0.717, 1.165) is 46.1 Å². The average Bonchev–Trinajstić information content (AvgIpc) is 3.59. The Morgan fingerprint density at radius 2 is 1.88 bits per heavy atom. The summed E-state index contributed by atoms with van der Waals surface area (Å²) in [4.78, 5) is 22.1. The standard InChI is InChI=1S/C26H25FN4OS/c1-17-22(25(32)29-15-18-6-8-20(27)9-7-18)14-24(31(17)21-4-2-3-5-21)23-16-33-26(30-23)19-10-12-28-13-11-19/h6-14,16,21H,2-5,15H2,1H3,(H,29,32). The van der Waals surface area contributed by atoms with Crippen molar-refractivity contribution in [3.63, 3.8) is 0 Å². The molecule has 7 heteroatoms. The molecule has 3 aromatic heterocycles. The highest BCUT2D eigenvalue weighted by atomic mass is 32.1. The van der Waals surface area contributed by atoms with E-state index in [0.29, 0.717) is 18.2 Å². The van der Waals surface area contributed by atoms with Crippen molar-refractivity contribution in [2.45, 2.75) is 45.2 Å². The Labute approximate surface area is 196 Å². The van der Waals surface area contributed by atoms with Crippen LogP contribution in [0, 0.1) is 12.7 Å². The summed E-state index contributed by atoms with van der Waals surface area (Å²) < 4.78 is 15.5. The van der Waals surface area contributed by atoms with E-state index >= 15 is 0 Å². The summed E-state index contributed by atoms with van der Waals surface area (Å²) in [5.74, 6) is -0.409. The fourth-order valence-corrected chi connectivity index (χ4v) is 5.40. The van der Waals surface area contributed by atoms with Gasteiger partial charge in [0.05, 0.1) is 17.0 Å². The molecule has 5 rings (SSSR count). The van der Waals surface area contributed by atoms with Gasteiger partial charge in [-0.25, -0.2) is 9.37 Å². The predicted octanol–water partition coefficient (Wildman–Crippen LogP) is 6.17. The lowest BCUT2D eigenvalue weighted by atomic mass is 10.2. The number of thiazole rings is 1. The molecule has 0 aliphatic heterocycles. The van der Waals surface area contributed by atoms with Crippen LogP contribution < -0.4 is 5.32 Å². The highest BCUT2D eigenvalue weighted by Crippen LogP contribution is 2.38. The molecular weight excluding hydrogens is 435 g/mol. The number of nitrogens with one attached hydrogen (secondary N) is 1. The second kappa shape index (κ2) is 9.27. The lowest BCUT2D eigenvalue weighted by molar-refractivity contribution is 0.0950. The second-order valence-corrected chi connectivity index (χ2v) is 9.28. The molecule has 1 aliphatic rings. The summed E-state index contributed by atoms with van der Waals surface area (Å²) in [5.41, 5.74) is 5.40. The molecule has 3 heterocycles. The van der Waals surface area contributed by atoms with Gasteiger partial charge in [-0.2, -0.15) is 0 Å². The summed E-state index contributed by atoms with van der Waals surface area (Å²) in [6.07, 6.45) is 8.16. The second-order valence-electron chi connectivity index (χ2n) is 8.42. The van der Waals surface area contributed by atoms with Gasteiger partial charge in [-0.1, -0.05) is 25.0 Å². The number of hydrogen-bond acceptors (Lipinski definition) is 4. The van der Waals surface area contributed by atoms with Gasteiger partial charge in [-0.15, -0.1) is 11.3 Å². The molecule has 5 nitrogen and oxygen atoms in total. The number of carbonyl (C=O) groups excluding carboxylic acids is 1. The molecule has 1 aliphatic carbocycles. The van der Waals surface area contributed by atoms with E-state index in [-0.39, 0.29) is 11.7 Å². The van der Waals surface area contributed by atoms with Gasteiger partial charge in [-0.05, 0) is 55.7 Å². The number of rotatable bonds is 6. The van der Waals surface area contributed by atoms with Crippen molar-refractivity contribution >= 4 is 17.2 Å². The van der Waals surface area contributed by atoms with E-state index in [9.17, 15) is 9.18 Å². The van der Waals surface area contributed by atoms with Gasteiger partial charge in [-0.3, -0.25) is 9.78 Å².